The highest BCUT2D eigenvalue weighted by Crippen LogP contribution is 2.40. The molecule has 3 N–H and O–H groups in total. The summed E-state index contributed by atoms with van der Waals surface area (Å²) in [5, 5.41) is 0. The molecule has 0 saturated heterocycles. The molecule has 1 unspecified atom stereocenters. The summed E-state index contributed by atoms with van der Waals surface area (Å²) in [5.41, 5.74) is 13.3. The van der Waals surface area contributed by atoms with Gasteiger partial charge < -0.3 is 9.26 Å². The lowest BCUT2D eigenvalue weighted by molar-refractivity contribution is 0.627. The van der Waals surface area contributed by atoms with Crippen molar-refractivity contribution in [1.29, 1.82) is 0 Å². The van der Waals surface area contributed by atoms with Crippen molar-refractivity contribution in [3.05, 3.63) is 52.7 Å². The quantitative estimate of drug-likeness (QED) is 0.467. The predicted octanol–water partition coefficient (Wildman–Crippen LogP) is 4.53. The third kappa shape index (κ3) is 2.96. The van der Waals surface area contributed by atoms with Crippen molar-refractivity contribution in [2.24, 2.45) is 0 Å². The number of allylic oxidation sites excluding steroid dienone is 2. The lowest BCUT2D eigenvalue weighted by Crippen LogP contribution is -2.14. The molecule has 1 aliphatic rings. The third-order valence-electron chi connectivity index (χ3n) is 3.97. The fourth-order valence-electron chi connectivity index (χ4n) is 2.75. The molecule has 0 fully saturated rings. The molecule has 0 saturated carbocycles. The second-order valence-corrected chi connectivity index (χ2v) is 5.82. The zero-order valence-electron chi connectivity index (χ0n) is 11.6. The Morgan fingerprint density at radius 2 is 2.05 bits per heavy atom. The van der Waals surface area contributed by atoms with Gasteiger partial charge in [-0.25, -0.2) is 0 Å². The second-order valence-electron chi connectivity index (χ2n) is 5.28. The average Bonchev–Trinajstić information content (AvgIpc) is 2.42. The molecule has 0 radical (unpaired) electrons. The Balaban J connectivity index is 2.45. The van der Waals surface area contributed by atoms with E-state index >= 15 is 0 Å². The van der Waals surface area contributed by atoms with Gasteiger partial charge in [0.2, 0.25) is 0 Å². The first-order chi connectivity index (χ1) is 9.04. The fourth-order valence-corrected chi connectivity index (χ4v) is 3.06. The zero-order chi connectivity index (χ0) is 14.0. The summed E-state index contributed by atoms with van der Waals surface area (Å²) in [5.74, 6) is 0.378. The molecule has 1 aromatic rings. The second kappa shape index (κ2) is 5.99. The monoisotopic (exact) mass is 368 g/mol. The van der Waals surface area contributed by atoms with E-state index in [2.05, 4.69) is 65.0 Å². The number of hydrogen-bond donors (Lipinski definition) is 2. The Morgan fingerprint density at radius 1 is 1.37 bits per heavy atom. The molecule has 0 heterocycles. The summed E-state index contributed by atoms with van der Waals surface area (Å²) < 4.78 is 3.15. The molecule has 0 bridgehead atoms. The highest BCUT2D eigenvalue weighted by molar-refractivity contribution is 14.1. The minimum atomic E-state index is 0.378. The third-order valence-corrected chi connectivity index (χ3v) is 4.62. The Hall–Kier alpha value is -0.970. The number of rotatable bonds is 3. The van der Waals surface area contributed by atoms with Gasteiger partial charge in [-0.05, 0) is 61.4 Å². The van der Waals surface area contributed by atoms with Crippen LogP contribution >= 0.6 is 22.9 Å². The van der Waals surface area contributed by atoms with E-state index in [0.29, 0.717) is 5.92 Å². The predicted molar refractivity (Wildman–Crippen MR) is 91.3 cm³/mol. The summed E-state index contributed by atoms with van der Waals surface area (Å²) in [6.45, 7) is 8.37. The van der Waals surface area contributed by atoms with Crippen LogP contribution in [0.2, 0.25) is 0 Å². The van der Waals surface area contributed by atoms with Crippen molar-refractivity contribution in [3.8, 4) is 0 Å². The maximum absolute atomic E-state index is 6.25. The van der Waals surface area contributed by atoms with Crippen LogP contribution in [-0.4, -0.2) is 0 Å². The van der Waals surface area contributed by atoms with Crippen molar-refractivity contribution in [2.45, 2.75) is 39.0 Å². The molecule has 0 aliphatic heterocycles. The highest BCUT2D eigenvalue weighted by atomic mass is 127. The van der Waals surface area contributed by atoms with Crippen LogP contribution in [0, 0.1) is 13.8 Å². The first-order valence-corrected chi connectivity index (χ1v) is 7.75. The van der Waals surface area contributed by atoms with Gasteiger partial charge in [0.05, 0.1) is 22.9 Å². The van der Waals surface area contributed by atoms with Gasteiger partial charge in [0.25, 0.3) is 0 Å². The zero-order valence-corrected chi connectivity index (χ0v) is 13.8. The van der Waals surface area contributed by atoms with Gasteiger partial charge in [-0.3, -0.25) is 0 Å². The van der Waals surface area contributed by atoms with E-state index in [-0.39, 0.29) is 0 Å². The standard InChI is InChI=1S/C16H21IN2/c1-10-8-15(16(18)9-11(10)2)14-7-5-4-6-13(14)12(3)19-17/h6,8-9,14,19H,3-5,7,18H2,1-2H3. The van der Waals surface area contributed by atoms with E-state index in [4.69, 9.17) is 5.73 Å². The Kier molecular flexibility index (Phi) is 4.55. The van der Waals surface area contributed by atoms with Gasteiger partial charge in [0, 0.05) is 17.3 Å². The largest absolute Gasteiger partial charge is 0.398 e. The van der Waals surface area contributed by atoms with Crippen LogP contribution in [0.3, 0.4) is 0 Å². The number of anilines is 1. The number of aryl methyl sites for hydroxylation is 2. The molecular weight excluding hydrogens is 347 g/mol. The number of nitrogens with two attached hydrogens (primary N) is 1. The molecule has 19 heavy (non-hydrogen) atoms. The molecule has 2 nitrogen and oxygen atoms in total. The van der Waals surface area contributed by atoms with E-state index in [1.165, 1.54) is 28.7 Å². The van der Waals surface area contributed by atoms with Crippen LogP contribution in [0.5, 0.6) is 0 Å². The molecular formula is C16H21IN2. The Bertz CT molecular complexity index is 532. The maximum Gasteiger partial charge on any atom is 0.0560 e. The lowest BCUT2D eigenvalue weighted by Gasteiger charge is -2.27. The minimum absolute atomic E-state index is 0.378. The number of nitrogens with one attached hydrogen (secondary N) is 1. The maximum atomic E-state index is 6.25. The fraction of sp³-hybridized carbons (Fsp3) is 0.375. The number of benzene rings is 1. The van der Waals surface area contributed by atoms with Crippen LogP contribution in [0.25, 0.3) is 0 Å². The van der Waals surface area contributed by atoms with E-state index in [0.717, 1.165) is 24.2 Å². The van der Waals surface area contributed by atoms with Crippen LogP contribution in [0.1, 0.15) is 41.9 Å². The van der Waals surface area contributed by atoms with Gasteiger partial charge in [0.15, 0.2) is 0 Å². The van der Waals surface area contributed by atoms with Crippen molar-refractivity contribution in [3.63, 3.8) is 0 Å². The van der Waals surface area contributed by atoms with Gasteiger partial charge in [-0.2, -0.15) is 0 Å². The van der Waals surface area contributed by atoms with E-state index in [9.17, 15) is 0 Å². The van der Waals surface area contributed by atoms with Crippen molar-refractivity contribution in [1.82, 2.24) is 3.53 Å². The summed E-state index contributed by atoms with van der Waals surface area (Å²) in [6, 6.07) is 4.34. The molecule has 2 rings (SSSR count). The Labute approximate surface area is 129 Å². The first-order valence-electron chi connectivity index (χ1n) is 6.67. The SMILES string of the molecule is C=C(NI)C1=CCCCC1c1cc(C)c(C)cc1N. The van der Waals surface area contributed by atoms with Gasteiger partial charge in [-0.1, -0.05) is 18.7 Å². The van der Waals surface area contributed by atoms with Crippen LogP contribution < -0.4 is 9.26 Å². The number of halogens is 1. The molecule has 3 heteroatoms. The van der Waals surface area contributed by atoms with Gasteiger partial charge in [-0.15, -0.1) is 0 Å². The smallest absolute Gasteiger partial charge is 0.0560 e. The molecule has 1 aromatic carbocycles. The number of nitrogen functional groups attached to an aromatic ring is 1. The van der Waals surface area contributed by atoms with E-state index in [1.807, 2.05) is 0 Å². The van der Waals surface area contributed by atoms with Crippen molar-refractivity contribution < 1.29 is 0 Å². The average molecular weight is 368 g/mol. The molecule has 0 amide bonds. The van der Waals surface area contributed by atoms with Crippen LogP contribution in [0.15, 0.2) is 36.1 Å². The van der Waals surface area contributed by atoms with Gasteiger partial charge >= 0.3 is 0 Å². The molecule has 102 valence electrons. The number of hydrogen-bond acceptors (Lipinski definition) is 2. The summed E-state index contributed by atoms with van der Waals surface area (Å²) in [6.07, 6.45) is 5.80. The minimum Gasteiger partial charge on any atom is -0.398 e. The Morgan fingerprint density at radius 3 is 2.74 bits per heavy atom. The van der Waals surface area contributed by atoms with Gasteiger partial charge in [0.1, 0.15) is 0 Å². The summed E-state index contributed by atoms with van der Waals surface area (Å²) in [4.78, 5) is 0. The molecule has 1 atom stereocenters. The highest BCUT2D eigenvalue weighted by Gasteiger charge is 2.23. The summed E-state index contributed by atoms with van der Waals surface area (Å²) >= 11 is 2.14. The molecule has 0 spiro atoms. The van der Waals surface area contributed by atoms with E-state index < -0.39 is 0 Å². The molecule has 0 aromatic heterocycles. The van der Waals surface area contributed by atoms with E-state index in [1.54, 1.807) is 0 Å². The van der Waals surface area contributed by atoms with Crippen LogP contribution in [0.4, 0.5) is 5.69 Å². The van der Waals surface area contributed by atoms with Crippen LogP contribution in [-0.2, 0) is 0 Å². The summed E-state index contributed by atoms with van der Waals surface area (Å²) in [7, 11) is 0. The molecule has 1 aliphatic carbocycles. The topological polar surface area (TPSA) is 38.0 Å². The normalized spacial score (nSPS) is 18.9. The van der Waals surface area contributed by atoms with Crippen molar-refractivity contribution >= 4 is 28.6 Å². The van der Waals surface area contributed by atoms with Crippen molar-refractivity contribution in [2.75, 3.05) is 5.73 Å². The first kappa shape index (κ1) is 14.4. The lowest BCUT2D eigenvalue weighted by atomic mass is 9.80.